The molecule has 0 radical (unpaired) electrons. The molecule has 0 fully saturated rings. The number of hydrogen-bond acceptors (Lipinski definition) is 3. The highest BCUT2D eigenvalue weighted by atomic mass is 16.3. The molecule has 2 unspecified atom stereocenters. The second kappa shape index (κ2) is 6.08. The third-order valence-corrected chi connectivity index (χ3v) is 2.27. The van der Waals surface area contributed by atoms with Gasteiger partial charge in [-0.2, -0.15) is 0 Å². The van der Waals surface area contributed by atoms with Crippen LogP contribution < -0.4 is 11.1 Å². The van der Waals surface area contributed by atoms with Crippen LogP contribution in [0, 0.1) is 5.92 Å². The summed E-state index contributed by atoms with van der Waals surface area (Å²) < 4.78 is 0. The molecule has 0 aliphatic carbocycles. The van der Waals surface area contributed by atoms with Crippen molar-refractivity contribution in [2.75, 3.05) is 6.54 Å². The summed E-state index contributed by atoms with van der Waals surface area (Å²) >= 11 is 0. The fourth-order valence-electron chi connectivity index (χ4n) is 1.55. The van der Waals surface area contributed by atoms with Crippen molar-refractivity contribution in [3.63, 3.8) is 0 Å². The van der Waals surface area contributed by atoms with Crippen LogP contribution in [0.15, 0.2) is 0 Å². The molecule has 1 amide bonds. The SMILES string of the molecule is CCC(N)C(=O)NCC(C)(O)CC(C)C. The monoisotopic (exact) mass is 216 g/mol. The van der Waals surface area contributed by atoms with Crippen molar-refractivity contribution in [1.29, 1.82) is 0 Å². The number of hydrogen-bond donors (Lipinski definition) is 3. The summed E-state index contributed by atoms with van der Waals surface area (Å²) in [6.45, 7) is 7.92. The van der Waals surface area contributed by atoms with Crippen LogP contribution in [0.1, 0.15) is 40.5 Å². The number of nitrogens with one attached hydrogen (secondary N) is 1. The predicted molar refractivity (Wildman–Crippen MR) is 61.4 cm³/mol. The summed E-state index contributed by atoms with van der Waals surface area (Å²) in [5.41, 5.74) is 4.70. The lowest BCUT2D eigenvalue weighted by molar-refractivity contribution is -0.123. The minimum atomic E-state index is -0.850. The molecule has 4 nitrogen and oxygen atoms in total. The molecule has 0 spiro atoms. The molecular formula is C11H24N2O2. The van der Waals surface area contributed by atoms with Crippen LogP contribution in [-0.4, -0.2) is 29.2 Å². The first-order valence-corrected chi connectivity index (χ1v) is 5.54. The molecule has 2 atom stereocenters. The Kier molecular flexibility index (Phi) is 5.83. The van der Waals surface area contributed by atoms with E-state index in [1.165, 1.54) is 0 Å². The standard InChI is InChI=1S/C11H24N2O2/c1-5-9(12)10(14)13-7-11(4,15)6-8(2)3/h8-9,15H,5-7,12H2,1-4H3,(H,13,14). The number of aliphatic hydroxyl groups is 1. The lowest BCUT2D eigenvalue weighted by Gasteiger charge is -2.26. The van der Waals surface area contributed by atoms with Gasteiger partial charge in [-0.05, 0) is 25.7 Å². The zero-order valence-corrected chi connectivity index (χ0v) is 10.2. The Morgan fingerprint density at radius 1 is 1.53 bits per heavy atom. The second-order valence-corrected chi connectivity index (χ2v) is 4.83. The van der Waals surface area contributed by atoms with Gasteiger partial charge < -0.3 is 16.2 Å². The van der Waals surface area contributed by atoms with E-state index in [0.717, 1.165) is 0 Å². The highest BCUT2D eigenvalue weighted by Gasteiger charge is 2.23. The number of amides is 1. The number of carbonyl (C=O) groups is 1. The summed E-state index contributed by atoms with van der Waals surface area (Å²) in [6, 6.07) is -0.472. The maximum atomic E-state index is 11.4. The molecule has 4 N–H and O–H groups in total. The smallest absolute Gasteiger partial charge is 0.237 e. The topological polar surface area (TPSA) is 75.4 Å². The number of rotatable bonds is 6. The highest BCUT2D eigenvalue weighted by molar-refractivity contribution is 5.81. The lowest BCUT2D eigenvalue weighted by Crippen LogP contribution is -2.47. The van der Waals surface area contributed by atoms with E-state index < -0.39 is 11.6 Å². The van der Waals surface area contributed by atoms with Gasteiger partial charge in [0, 0.05) is 6.54 Å². The molecule has 0 aromatic rings. The first kappa shape index (κ1) is 14.4. The first-order chi connectivity index (χ1) is 6.78. The van der Waals surface area contributed by atoms with Crippen LogP contribution in [0.2, 0.25) is 0 Å². The van der Waals surface area contributed by atoms with Gasteiger partial charge in [-0.3, -0.25) is 4.79 Å². The van der Waals surface area contributed by atoms with Crippen molar-refractivity contribution in [2.24, 2.45) is 11.7 Å². The summed E-state index contributed by atoms with van der Waals surface area (Å²) in [5.74, 6) is 0.207. The average Bonchev–Trinajstić information content (AvgIpc) is 2.11. The van der Waals surface area contributed by atoms with Crippen molar-refractivity contribution in [3.8, 4) is 0 Å². The third kappa shape index (κ3) is 6.47. The fraction of sp³-hybridized carbons (Fsp3) is 0.909. The zero-order chi connectivity index (χ0) is 12.1. The zero-order valence-electron chi connectivity index (χ0n) is 10.2. The van der Waals surface area contributed by atoms with Crippen molar-refractivity contribution in [1.82, 2.24) is 5.32 Å². The Labute approximate surface area is 92.2 Å². The van der Waals surface area contributed by atoms with E-state index in [9.17, 15) is 9.90 Å². The minimum absolute atomic E-state index is 0.193. The highest BCUT2D eigenvalue weighted by Crippen LogP contribution is 2.14. The summed E-state index contributed by atoms with van der Waals surface area (Å²) in [5, 5.41) is 12.6. The second-order valence-electron chi connectivity index (χ2n) is 4.83. The van der Waals surface area contributed by atoms with Crippen LogP contribution in [-0.2, 0) is 4.79 Å². The van der Waals surface area contributed by atoms with Gasteiger partial charge in [-0.1, -0.05) is 20.8 Å². The molecule has 0 aliphatic rings. The minimum Gasteiger partial charge on any atom is -0.388 e. The van der Waals surface area contributed by atoms with Crippen LogP contribution in [0.25, 0.3) is 0 Å². The van der Waals surface area contributed by atoms with Crippen LogP contribution in [0.3, 0.4) is 0 Å². The Hall–Kier alpha value is -0.610. The number of nitrogens with two attached hydrogens (primary N) is 1. The molecule has 4 heteroatoms. The van der Waals surface area contributed by atoms with Gasteiger partial charge in [-0.15, -0.1) is 0 Å². The lowest BCUT2D eigenvalue weighted by atomic mass is 9.94. The van der Waals surface area contributed by atoms with E-state index in [2.05, 4.69) is 5.32 Å². The van der Waals surface area contributed by atoms with Gasteiger partial charge in [0.05, 0.1) is 11.6 Å². The molecule has 0 aromatic heterocycles. The van der Waals surface area contributed by atoms with Gasteiger partial charge in [-0.25, -0.2) is 0 Å². The van der Waals surface area contributed by atoms with Crippen molar-refractivity contribution >= 4 is 5.91 Å². The molecule has 0 heterocycles. The largest absolute Gasteiger partial charge is 0.388 e. The average molecular weight is 216 g/mol. The predicted octanol–water partition coefficient (Wildman–Crippen LogP) is 0.637. The molecule has 0 rings (SSSR count). The van der Waals surface area contributed by atoms with E-state index in [1.807, 2.05) is 20.8 Å². The van der Waals surface area contributed by atoms with Gasteiger partial charge in [0.1, 0.15) is 0 Å². The molecule has 90 valence electrons. The molecule has 0 saturated carbocycles. The normalized spacial score (nSPS) is 17.3. The van der Waals surface area contributed by atoms with Crippen LogP contribution >= 0.6 is 0 Å². The van der Waals surface area contributed by atoms with Crippen LogP contribution in [0.5, 0.6) is 0 Å². The maximum absolute atomic E-state index is 11.4. The van der Waals surface area contributed by atoms with E-state index in [4.69, 9.17) is 5.73 Å². The molecule has 0 saturated heterocycles. The van der Waals surface area contributed by atoms with Gasteiger partial charge in [0.2, 0.25) is 5.91 Å². The number of carbonyl (C=O) groups excluding carboxylic acids is 1. The summed E-state index contributed by atoms with van der Waals surface area (Å²) in [4.78, 5) is 11.4. The van der Waals surface area contributed by atoms with Gasteiger partial charge >= 0.3 is 0 Å². The van der Waals surface area contributed by atoms with Gasteiger partial charge in [0.15, 0.2) is 0 Å². The fourth-order valence-corrected chi connectivity index (χ4v) is 1.55. The summed E-state index contributed by atoms with van der Waals surface area (Å²) in [6.07, 6.45) is 1.27. The third-order valence-electron chi connectivity index (χ3n) is 2.27. The van der Waals surface area contributed by atoms with E-state index >= 15 is 0 Å². The molecule has 0 aliphatic heterocycles. The molecule has 0 bridgehead atoms. The first-order valence-electron chi connectivity index (χ1n) is 5.54. The summed E-state index contributed by atoms with van der Waals surface area (Å²) in [7, 11) is 0. The van der Waals surface area contributed by atoms with Crippen molar-refractivity contribution in [2.45, 2.75) is 52.2 Å². The van der Waals surface area contributed by atoms with E-state index in [1.54, 1.807) is 6.92 Å². The molecule has 15 heavy (non-hydrogen) atoms. The van der Waals surface area contributed by atoms with Gasteiger partial charge in [0.25, 0.3) is 0 Å². The Morgan fingerprint density at radius 3 is 2.47 bits per heavy atom. The van der Waals surface area contributed by atoms with Crippen molar-refractivity contribution < 1.29 is 9.90 Å². The van der Waals surface area contributed by atoms with Crippen molar-refractivity contribution in [3.05, 3.63) is 0 Å². The van der Waals surface area contributed by atoms with E-state index in [0.29, 0.717) is 18.8 Å². The van der Waals surface area contributed by atoms with E-state index in [-0.39, 0.29) is 12.5 Å². The Balaban J connectivity index is 3.98. The molecule has 0 aromatic carbocycles. The quantitative estimate of drug-likeness (QED) is 0.610. The van der Waals surface area contributed by atoms with Crippen LogP contribution in [0.4, 0.5) is 0 Å². The Morgan fingerprint density at radius 2 is 2.07 bits per heavy atom. The maximum Gasteiger partial charge on any atom is 0.237 e. The Bertz CT molecular complexity index is 203. The molecular weight excluding hydrogens is 192 g/mol.